The number of para-hydroxylation sites is 2. The van der Waals surface area contributed by atoms with Crippen molar-refractivity contribution in [2.45, 2.75) is 12.5 Å². The number of ether oxygens (including phenoxy) is 1. The van der Waals surface area contributed by atoms with E-state index in [4.69, 9.17) is 9.15 Å². The first kappa shape index (κ1) is 17.3. The monoisotopic (exact) mass is 382 g/mol. The number of rotatable bonds is 4. The summed E-state index contributed by atoms with van der Waals surface area (Å²) < 4.78 is 11.5. The average Bonchev–Trinajstić information content (AvgIpc) is 3.22. The second kappa shape index (κ2) is 7.28. The molecule has 0 radical (unpaired) electrons. The van der Waals surface area contributed by atoms with Gasteiger partial charge in [0.25, 0.3) is 0 Å². The summed E-state index contributed by atoms with van der Waals surface area (Å²) in [5.74, 6) is 1.89. The Morgan fingerprint density at radius 3 is 2.17 bits per heavy atom. The van der Waals surface area contributed by atoms with Crippen molar-refractivity contribution in [1.82, 2.24) is 10.3 Å². The fraction of sp³-hybridized carbons (Fsp3) is 0.0833. The van der Waals surface area contributed by atoms with Crippen molar-refractivity contribution in [1.29, 1.82) is 0 Å². The smallest absolute Gasteiger partial charge is 0.226 e. The summed E-state index contributed by atoms with van der Waals surface area (Å²) in [5, 5.41) is 3.13. The molecule has 0 atom stereocenters. The predicted molar refractivity (Wildman–Crippen MR) is 109 cm³/mol. The minimum atomic E-state index is -0.274. The van der Waals surface area contributed by atoms with Gasteiger partial charge in [0.05, 0.1) is 18.2 Å². The highest BCUT2D eigenvalue weighted by atomic mass is 16.5. The largest absolute Gasteiger partial charge is 0.457 e. The first-order valence-electron chi connectivity index (χ1n) is 9.43. The lowest BCUT2D eigenvalue weighted by Gasteiger charge is -2.28. The fourth-order valence-electron chi connectivity index (χ4n) is 3.54. The summed E-state index contributed by atoms with van der Waals surface area (Å²) in [5.41, 5.74) is 3.34. The number of hydrogen-bond acceptors (Lipinski definition) is 4. The number of benzene rings is 3. The Kier molecular flexibility index (Phi) is 4.33. The quantitative estimate of drug-likeness (QED) is 0.545. The van der Waals surface area contributed by atoms with Crippen molar-refractivity contribution in [2.24, 2.45) is 0 Å². The summed E-state index contributed by atoms with van der Waals surface area (Å²) in [6.45, 7) is 0. The van der Waals surface area contributed by atoms with Crippen LogP contribution in [0.2, 0.25) is 0 Å². The van der Waals surface area contributed by atoms with Crippen LogP contribution in [0.1, 0.15) is 22.9 Å². The number of hydrogen-bond donors (Lipinski definition) is 1. The van der Waals surface area contributed by atoms with E-state index in [1.165, 1.54) is 6.26 Å². The van der Waals surface area contributed by atoms with Crippen LogP contribution in [0, 0.1) is 0 Å². The van der Waals surface area contributed by atoms with Crippen LogP contribution in [0.25, 0.3) is 11.5 Å². The molecule has 5 nitrogen and oxygen atoms in total. The molecule has 0 fully saturated rings. The number of amides is 1. The second-order valence-corrected chi connectivity index (χ2v) is 6.87. The third kappa shape index (κ3) is 3.38. The molecule has 2 heterocycles. The minimum Gasteiger partial charge on any atom is -0.457 e. The Morgan fingerprint density at radius 1 is 0.862 bits per heavy atom. The molecule has 3 aromatic carbocycles. The topological polar surface area (TPSA) is 64.4 Å². The van der Waals surface area contributed by atoms with E-state index in [0.717, 1.165) is 28.2 Å². The lowest BCUT2D eigenvalue weighted by atomic mass is 9.94. The maximum Gasteiger partial charge on any atom is 0.226 e. The van der Waals surface area contributed by atoms with Crippen LogP contribution < -0.4 is 10.1 Å². The summed E-state index contributed by atoms with van der Waals surface area (Å²) in [4.78, 5) is 17.3. The van der Waals surface area contributed by atoms with E-state index in [-0.39, 0.29) is 18.4 Å². The van der Waals surface area contributed by atoms with Crippen molar-refractivity contribution in [3.63, 3.8) is 0 Å². The van der Waals surface area contributed by atoms with Crippen molar-refractivity contribution in [3.8, 4) is 23.0 Å². The van der Waals surface area contributed by atoms with Gasteiger partial charge in [-0.25, -0.2) is 4.98 Å². The van der Waals surface area contributed by atoms with Gasteiger partial charge >= 0.3 is 0 Å². The van der Waals surface area contributed by atoms with Gasteiger partial charge < -0.3 is 14.5 Å². The average molecular weight is 382 g/mol. The van der Waals surface area contributed by atoms with Crippen LogP contribution in [0.5, 0.6) is 11.5 Å². The predicted octanol–water partition coefficient (Wildman–Crippen LogP) is 4.90. The Bertz CT molecular complexity index is 1120. The van der Waals surface area contributed by atoms with Crippen LogP contribution in [-0.2, 0) is 11.2 Å². The highest BCUT2D eigenvalue weighted by Crippen LogP contribution is 2.42. The third-order valence-corrected chi connectivity index (χ3v) is 4.90. The zero-order chi connectivity index (χ0) is 19.6. The van der Waals surface area contributed by atoms with E-state index in [2.05, 4.69) is 10.3 Å². The first-order valence-corrected chi connectivity index (χ1v) is 9.43. The highest BCUT2D eigenvalue weighted by molar-refractivity contribution is 5.79. The molecule has 1 aliphatic rings. The van der Waals surface area contributed by atoms with E-state index in [0.29, 0.717) is 11.6 Å². The van der Waals surface area contributed by atoms with Gasteiger partial charge in [0, 0.05) is 16.7 Å². The first-order chi connectivity index (χ1) is 14.3. The summed E-state index contributed by atoms with van der Waals surface area (Å²) in [7, 11) is 0. The molecule has 1 aliphatic heterocycles. The molecule has 0 spiro atoms. The zero-order valence-corrected chi connectivity index (χ0v) is 15.5. The molecule has 0 unspecified atom stereocenters. The lowest BCUT2D eigenvalue weighted by molar-refractivity contribution is -0.121. The second-order valence-electron chi connectivity index (χ2n) is 6.87. The van der Waals surface area contributed by atoms with Crippen molar-refractivity contribution < 1.29 is 13.9 Å². The highest BCUT2D eigenvalue weighted by Gasteiger charge is 2.28. The number of carbonyl (C=O) groups is 1. The fourth-order valence-corrected chi connectivity index (χ4v) is 3.54. The van der Waals surface area contributed by atoms with Gasteiger partial charge in [0.1, 0.15) is 17.8 Å². The van der Waals surface area contributed by atoms with E-state index in [1.807, 2.05) is 78.9 Å². The Labute approximate surface area is 168 Å². The van der Waals surface area contributed by atoms with Crippen LogP contribution in [-0.4, -0.2) is 10.9 Å². The molecule has 4 aromatic rings. The molecule has 1 aromatic heterocycles. The molecule has 5 rings (SSSR count). The number of oxazole rings is 1. The molecule has 142 valence electrons. The minimum absolute atomic E-state index is 0.130. The van der Waals surface area contributed by atoms with Gasteiger partial charge in [-0.2, -0.15) is 0 Å². The number of fused-ring (bicyclic) bond motifs is 2. The normalized spacial score (nSPS) is 12.6. The molecule has 0 bridgehead atoms. The maximum atomic E-state index is 12.8. The van der Waals surface area contributed by atoms with Gasteiger partial charge in [-0.1, -0.05) is 54.6 Å². The SMILES string of the molecule is O=C(Cc1coc(-c2ccccc2)n1)NC1c2ccccc2Oc2ccccc21. The van der Waals surface area contributed by atoms with Crippen molar-refractivity contribution in [2.75, 3.05) is 0 Å². The van der Waals surface area contributed by atoms with E-state index >= 15 is 0 Å². The van der Waals surface area contributed by atoms with Crippen LogP contribution >= 0.6 is 0 Å². The van der Waals surface area contributed by atoms with E-state index in [1.54, 1.807) is 0 Å². The molecule has 29 heavy (non-hydrogen) atoms. The van der Waals surface area contributed by atoms with Gasteiger partial charge in [-0.15, -0.1) is 0 Å². The lowest BCUT2D eigenvalue weighted by Crippen LogP contribution is -2.32. The molecule has 0 aliphatic carbocycles. The number of carbonyl (C=O) groups excluding carboxylic acids is 1. The molecule has 0 saturated heterocycles. The standard InChI is InChI=1S/C24H18N2O3/c27-22(14-17-15-28-24(25-17)16-8-2-1-3-9-16)26-23-18-10-4-6-12-20(18)29-21-13-7-5-11-19(21)23/h1-13,15,23H,14H2,(H,26,27). The summed E-state index contributed by atoms with van der Waals surface area (Å²) in [6, 6.07) is 24.8. The Morgan fingerprint density at radius 2 is 1.48 bits per heavy atom. The molecule has 1 N–H and O–H groups in total. The van der Waals surface area contributed by atoms with E-state index < -0.39 is 0 Å². The van der Waals surface area contributed by atoms with E-state index in [9.17, 15) is 4.79 Å². The Hall–Kier alpha value is -3.86. The number of nitrogens with one attached hydrogen (secondary N) is 1. The third-order valence-electron chi connectivity index (χ3n) is 4.90. The molecule has 1 amide bonds. The molecular formula is C24H18N2O3. The van der Waals surface area contributed by atoms with Crippen molar-refractivity contribution in [3.05, 3.63) is 102 Å². The maximum absolute atomic E-state index is 12.8. The van der Waals surface area contributed by atoms with Gasteiger partial charge in [0.15, 0.2) is 0 Å². The van der Waals surface area contributed by atoms with Gasteiger partial charge in [-0.05, 0) is 24.3 Å². The number of aromatic nitrogens is 1. The van der Waals surface area contributed by atoms with Crippen molar-refractivity contribution >= 4 is 5.91 Å². The number of nitrogens with zero attached hydrogens (tertiary/aromatic N) is 1. The molecule has 0 saturated carbocycles. The van der Waals surface area contributed by atoms with Crippen LogP contribution in [0.15, 0.2) is 89.5 Å². The Balaban J connectivity index is 1.37. The van der Waals surface area contributed by atoms with Crippen LogP contribution in [0.3, 0.4) is 0 Å². The van der Waals surface area contributed by atoms with Gasteiger partial charge in [0.2, 0.25) is 11.8 Å². The zero-order valence-electron chi connectivity index (χ0n) is 15.5. The van der Waals surface area contributed by atoms with Crippen LogP contribution in [0.4, 0.5) is 0 Å². The molecular weight excluding hydrogens is 364 g/mol. The summed E-state index contributed by atoms with van der Waals surface area (Å²) in [6.07, 6.45) is 1.67. The summed E-state index contributed by atoms with van der Waals surface area (Å²) >= 11 is 0. The van der Waals surface area contributed by atoms with Gasteiger partial charge in [-0.3, -0.25) is 4.79 Å². The molecule has 5 heteroatoms.